The van der Waals surface area contributed by atoms with Gasteiger partial charge in [0.1, 0.15) is 23.0 Å². The minimum atomic E-state index is 0.00000759. The summed E-state index contributed by atoms with van der Waals surface area (Å²) >= 11 is 0. The zero-order chi connectivity index (χ0) is 44.4. The molecule has 0 aliphatic heterocycles. The Morgan fingerprint density at radius 3 is 1.03 bits per heavy atom. The maximum atomic E-state index is 11.7. The molecule has 0 aliphatic carbocycles. The molecule has 6 rings (SSSR count). The third kappa shape index (κ3) is 16.5. The first-order valence-corrected chi connectivity index (χ1v) is 23.1. The van der Waals surface area contributed by atoms with E-state index in [9.17, 15) is 4.79 Å². The van der Waals surface area contributed by atoms with Gasteiger partial charge in [0.25, 0.3) is 0 Å². The normalized spacial score (nSPS) is 10.8. The number of pyridine rings is 1. The van der Waals surface area contributed by atoms with E-state index in [4.69, 9.17) is 29.5 Å². The third-order valence-electron chi connectivity index (χ3n) is 11.2. The molecule has 0 amide bonds. The van der Waals surface area contributed by atoms with Crippen LogP contribution in [0.3, 0.4) is 0 Å². The Morgan fingerprint density at radius 2 is 0.688 bits per heavy atom. The molecule has 0 unspecified atom stereocenters. The first-order valence-electron chi connectivity index (χ1n) is 23.1. The lowest BCUT2D eigenvalue weighted by atomic mass is 10.0. The van der Waals surface area contributed by atoms with Gasteiger partial charge in [0, 0.05) is 37.1 Å². The highest BCUT2D eigenvalue weighted by Crippen LogP contribution is 2.27. The van der Waals surface area contributed by atoms with Crippen LogP contribution in [0.5, 0.6) is 23.0 Å². The number of rotatable bonds is 28. The van der Waals surface area contributed by atoms with E-state index in [0.717, 1.165) is 115 Å². The van der Waals surface area contributed by atoms with Crippen LogP contribution >= 0.6 is 0 Å². The zero-order valence-electron chi connectivity index (χ0n) is 37.1. The van der Waals surface area contributed by atoms with Crippen LogP contribution in [0.25, 0.3) is 22.3 Å². The Bertz CT molecular complexity index is 2250. The molecular weight excluding hydrogens is 795 g/mol. The van der Waals surface area contributed by atoms with Crippen molar-refractivity contribution in [2.75, 3.05) is 26.4 Å². The van der Waals surface area contributed by atoms with Crippen molar-refractivity contribution < 1.29 is 18.9 Å². The minimum absolute atomic E-state index is 0.00000759. The Labute approximate surface area is 379 Å². The van der Waals surface area contributed by atoms with Crippen LogP contribution in [0.2, 0.25) is 0 Å². The summed E-state index contributed by atoms with van der Waals surface area (Å²) < 4.78 is 26.5. The van der Waals surface area contributed by atoms with Crippen molar-refractivity contribution in [1.82, 2.24) is 4.57 Å². The molecule has 0 bridgehead atoms. The predicted molar refractivity (Wildman–Crippen MR) is 256 cm³/mol. The highest BCUT2D eigenvalue weighted by atomic mass is 16.5. The summed E-state index contributed by atoms with van der Waals surface area (Å²) in [6, 6.07) is 45.2. The summed E-state index contributed by atoms with van der Waals surface area (Å²) in [5, 5.41) is 18.0. The summed E-state index contributed by atoms with van der Waals surface area (Å²) in [6.45, 7) is 3.40. The van der Waals surface area contributed by atoms with E-state index >= 15 is 0 Å². The van der Waals surface area contributed by atoms with Crippen LogP contribution in [0.1, 0.15) is 107 Å². The maximum Gasteiger partial charge on any atom is 0.181 e. The Morgan fingerprint density at radius 1 is 0.375 bits per heavy atom. The molecule has 1 aromatic heterocycles. The van der Waals surface area contributed by atoms with Crippen molar-refractivity contribution in [3.05, 3.63) is 167 Å². The molecule has 5 aromatic carbocycles. The van der Waals surface area contributed by atoms with Crippen molar-refractivity contribution >= 4 is 0 Å². The fourth-order valence-electron chi connectivity index (χ4n) is 7.55. The smallest absolute Gasteiger partial charge is 0.181 e. The first-order chi connectivity index (χ1) is 31.5. The van der Waals surface area contributed by atoms with Crippen molar-refractivity contribution in [1.29, 1.82) is 10.5 Å². The molecular formula is C56H61N3O5. The highest BCUT2D eigenvalue weighted by molar-refractivity contribution is 5.66. The maximum absolute atomic E-state index is 11.7. The number of aromatic nitrogens is 1. The first kappa shape index (κ1) is 46.7. The molecule has 0 aliphatic rings. The lowest BCUT2D eigenvalue weighted by Crippen LogP contribution is -2.06. The summed E-state index contributed by atoms with van der Waals surface area (Å²) in [5.41, 5.74) is 6.80. The van der Waals surface area contributed by atoms with E-state index in [1.165, 1.54) is 38.5 Å². The molecule has 330 valence electrons. The summed E-state index contributed by atoms with van der Waals surface area (Å²) in [6.07, 6.45) is 19.5. The van der Waals surface area contributed by atoms with E-state index in [2.05, 4.69) is 48.5 Å². The summed E-state index contributed by atoms with van der Waals surface area (Å²) in [7, 11) is 0. The van der Waals surface area contributed by atoms with E-state index in [1.807, 2.05) is 95.8 Å². The van der Waals surface area contributed by atoms with Crippen molar-refractivity contribution in [2.24, 2.45) is 0 Å². The molecule has 0 N–H and O–H groups in total. The highest BCUT2D eigenvalue weighted by Gasteiger charge is 2.07. The molecule has 64 heavy (non-hydrogen) atoms. The number of hydrogen-bond acceptors (Lipinski definition) is 7. The van der Waals surface area contributed by atoms with E-state index in [-0.39, 0.29) is 5.43 Å². The molecule has 6 aromatic rings. The van der Waals surface area contributed by atoms with Gasteiger partial charge in [0.15, 0.2) is 5.43 Å². The minimum Gasteiger partial charge on any atom is -0.494 e. The number of nitriles is 2. The van der Waals surface area contributed by atoms with Crippen molar-refractivity contribution in [3.8, 4) is 57.4 Å². The second kappa shape index (κ2) is 26.6. The molecule has 0 fully saturated rings. The van der Waals surface area contributed by atoms with Crippen LogP contribution in [-0.4, -0.2) is 31.0 Å². The zero-order valence-corrected chi connectivity index (χ0v) is 37.1. The van der Waals surface area contributed by atoms with Crippen LogP contribution in [0, 0.1) is 22.7 Å². The van der Waals surface area contributed by atoms with Gasteiger partial charge in [-0.1, -0.05) is 113 Å². The molecule has 0 radical (unpaired) electrons. The van der Waals surface area contributed by atoms with Crippen LogP contribution in [0.4, 0.5) is 0 Å². The van der Waals surface area contributed by atoms with Gasteiger partial charge in [-0.2, -0.15) is 10.5 Å². The molecule has 0 saturated heterocycles. The lowest BCUT2D eigenvalue weighted by Gasteiger charge is -2.14. The molecule has 8 heteroatoms. The SMILES string of the molecule is N#Cc1ccc(-c2ccc(OCCCCCCCCCOc3cc(Cn4ccc(=O)cc4)cc(OCCCCCCCCCOc4ccc(-c5ccc(C#N)cc5)cc4)c3)cc2)cc1. The average molecular weight is 856 g/mol. The van der Waals surface area contributed by atoms with Crippen LogP contribution in [-0.2, 0) is 6.54 Å². The Hall–Kier alpha value is -6.77. The van der Waals surface area contributed by atoms with E-state index < -0.39 is 0 Å². The van der Waals surface area contributed by atoms with Gasteiger partial charge < -0.3 is 23.5 Å². The van der Waals surface area contributed by atoms with Crippen LogP contribution in [0.15, 0.2) is 145 Å². The molecule has 1 heterocycles. The number of unbranched alkanes of at least 4 members (excludes halogenated alkanes) is 12. The fourth-order valence-corrected chi connectivity index (χ4v) is 7.55. The lowest BCUT2D eigenvalue weighted by molar-refractivity contribution is 0.288. The summed E-state index contributed by atoms with van der Waals surface area (Å²) in [5.74, 6) is 3.41. The summed E-state index contributed by atoms with van der Waals surface area (Å²) in [4.78, 5) is 11.7. The van der Waals surface area contributed by atoms with Gasteiger partial charge in [-0.15, -0.1) is 0 Å². The number of hydrogen-bond donors (Lipinski definition) is 0. The largest absolute Gasteiger partial charge is 0.494 e. The van der Waals surface area contributed by atoms with Gasteiger partial charge in [-0.05, 0) is 114 Å². The standard InChI is InChI=1S/C56H61N3O5/c57-42-45-15-19-48(20-16-45)50-23-27-53(28-24-50)61-35-11-7-3-1-5-9-13-37-63-55-39-47(44-59-33-31-52(60)32-34-59)40-56(41-55)64-38-14-10-6-2-4-8-12-36-62-54-29-25-51(26-30-54)49-21-17-46(43-58)18-22-49/h15-34,39-41H,1-14,35-38,44H2. The fraction of sp³-hybridized carbons (Fsp3) is 0.339. The van der Waals surface area contributed by atoms with E-state index in [1.54, 1.807) is 12.1 Å². The van der Waals surface area contributed by atoms with Gasteiger partial charge in [0.2, 0.25) is 0 Å². The predicted octanol–water partition coefficient (Wildman–Crippen LogP) is 13.4. The second-order valence-corrected chi connectivity index (χ2v) is 16.3. The van der Waals surface area contributed by atoms with Gasteiger partial charge in [-0.3, -0.25) is 4.79 Å². The molecule has 0 saturated carbocycles. The van der Waals surface area contributed by atoms with E-state index in [0.29, 0.717) is 30.9 Å². The topological polar surface area (TPSA) is 106 Å². The van der Waals surface area contributed by atoms with Crippen LogP contribution < -0.4 is 24.4 Å². The van der Waals surface area contributed by atoms with Gasteiger partial charge in [0.05, 0.1) is 49.7 Å². The number of benzene rings is 5. The third-order valence-corrected chi connectivity index (χ3v) is 11.2. The average Bonchev–Trinajstić information content (AvgIpc) is 3.33. The monoisotopic (exact) mass is 855 g/mol. The Kier molecular flexibility index (Phi) is 19.5. The number of nitrogens with zero attached hydrogens (tertiary/aromatic N) is 3. The quantitative estimate of drug-likeness (QED) is 0.0452. The van der Waals surface area contributed by atoms with Gasteiger partial charge >= 0.3 is 0 Å². The second-order valence-electron chi connectivity index (χ2n) is 16.3. The molecule has 0 atom stereocenters. The van der Waals surface area contributed by atoms with Crippen molar-refractivity contribution in [3.63, 3.8) is 0 Å². The Balaban J connectivity index is 0.805. The number of ether oxygens (including phenoxy) is 4. The molecule has 0 spiro atoms. The van der Waals surface area contributed by atoms with Crippen molar-refractivity contribution in [2.45, 2.75) is 96.4 Å². The van der Waals surface area contributed by atoms with Gasteiger partial charge in [-0.25, -0.2) is 0 Å². The molecule has 8 nitrogen and oxygen atoms in total.